The van der Waals surface area contributed by atoms with Crippen LogP contribution in [0, 0.1) is 116 Å². The second-order valence-electron chi connectivity index (χ2n) is 14.3. The Balaban J connectivity index is 0.00000642. The van der Waals surface area contributed by atoms with Crippen molar-refractivity contribution in [1.82, 2.24) is 19.5 Å². The van der Waals surface area contributed by atoms with E-state index >= 15 is 70.2 Å². The molecule has 0 radical (unpaired) electrons. The Morgan fingerprint density at radius 3 is 1.06 bits per heavy atom. The molecule has 2 aliphatic heterocycles. The van der Waals surface area contributed by atoms with Crippen molar-refractivity contribution in [2.75, 3.05) is 0 Å². The van der Waals surface area contributed by atoms with Gasteiger partial charge in [-0.05, 0) is 54.6 Å². The first-order chi connectivity index (χ1) is 32.1. The van der Waals surface area contributed by atoms with Gasteiger partial charge in [-0.2, -0.15) is 0 Å². The zero-order valence-corrected chi connectivity index (χ0v) is 33.6. The molecule has 0 aliphatic carbocycles. The average Bonchev–Trinajstić information content (AvgIpc) is 4.14. The molecule has 0 saturated carbocycles. The van der Waals surface area contributed by atoms with Crippen LogP contribution in [0.1, 0.15) is 22.8 Å². The largest absolute Gasteiger partial charge is 0.355 e. The van der Waals surface area contributed by atoms with E-state index in [0.29, 0.717) is 6.08 Å². The van der Waals surface area contributed by atoms with E-state index in [1.807, 2.05) is 0 Å². The van der Waals surface area contributed by atoms with Crippen molar-refractivity contribution < 1.29 is 105 Å². The van der Waals surface area contributed by atoms with Crippen molar-refractivity contribution in [3.8, 4) is 39.1 Å². The van der Waals surface area contributed by atoms with Crippen LogP contribution in [0.2, 0.25) is 0 Å². The molecule has 0 saturated heterocycles. The molecule has 69 heavy (non-hydrogen) atoms. The van der Waals surface area contributed by atoms with Gasteiger partial charge in [0.2, 0.25) is 23.3 Å². The minimum atomic E-state index is -3.15. The molecule has 0 fully saturated rings. The van der Waals surface area contributed by atoms with E-state index in [1.165, 1.54) is 18.2 Å². The van der Waals surface area contributed by atoms with Crippen LogP contribution in [0.4, 0.5) is 87.8 Å². The predicted octanol–water partition coefficient (Wildman–Crippen LogP) is 13.9. The van der Waals surface area contributed by atoms with Gasteiger partial charge in [-0.15, -0.1) is 0 Å². The molecule has 9 rings (SSSR count). The maximum Gasteiger partial charge on any atom is 0.200 e. The van der Waals surface area contributed by atoms with Gasteiger partial charge in [0, 0.05) is 44.8 Å². The standard InChI is InChI=1S/C44H10F20N4.Fe/c45-23-20(24(46)30(52)35(57)29(23)51)17-15-6-5-13(67-15)8-12-2-1-10(65-12)7-11-3-4-14(66-11)9-16-18(21-25(47)31(53)36(58)32(54)26(21)48)19(22-27(49)33(55)37(59)34(56)28(22)50)43(17)68(16)44-41(63)39(61)38(60)40(62)42(44)64;/h1-9,65H;. The van der Waals surface area contributed by atoms with Crippen molar-refractivity contribution in [2.45, 2.75) is 0 Å². The number of benzene rings is 4. The molecule has 2 aliphatic rings. The molecule has 7 aromatic rings. The fraction of sp³-hybridized carbons (Fsp3) is 0. The number of rotatable bonds is 4. The smallest absolute Gasteiger partial charge is 0.200 e. The van der Waals surface area contributed by atoms with E-state index in [2.05, 4.69) is 15.0 Å². The number of hydrogen-bond acceptors (Lipinski definition) is 2. The molecule has 0 amide bonds. The number of nitrogens with zero attached hydrogens (tertiary/aromatic N) is 3. The number of fused-ring (bicyclic) bond motifs is 8. The molecule has 3 aromatic heterocycles. The molecule has 4 nitrogen and oxygen atoms in total. The van der Waals surface area contributed by atoms with Crippen LogP contribution in [-0.2, 0) is 17.1 Å². The van der Waals surface area contributed by atoms with Gasteiger partial charge >= 0.3 is 0 Å². The molecule has 0 spiro atoms. The third kappa shape index (κ3) is 7.07. The summed E-state index contributed by atoms with van der Waals surface area (Å²) >= 11 is 0. The van der Waals surface area contributed by atoms with Crippen molar-refractivity contribution in [1.29, 1.82) is 0 Å². The van der Waals surface area contributed by atoms with E-state index in [-0.39, 0.29) is 39.9 Å². The SMILES string of the molecule is Fc1c(F)c(F)c(-c2c(-c3c(F)c(F)c(F)c(F)c3F)c3c(-c4c(F)c(F)c(F)c(F)c4F)c4nc(cc5ccc(cc6nc(cc2n3-c2c(F)c(F)c(F)c(F)c2F)C=C6)[nH]5)C=C4)c(F)c1F.[Fe]. The summed E-state index contributed by atoms with van der Waals surface area (Å²) in [5.41, 5.74) is -24.1. The van der Waals surface area contributed by atoms with Crippen molar-refractivity contribution in [3.05, 3.63) is 169 Å². The van der Waals surface area contributed by atoms with Crippen LogP contribution < -0.4 is 0 Å². The first kappa shape index (κ1) is 48.1. The maximum absolute atomic E-state index is 16.5. The van der Waals surface area contributed by atoms with E-state index in [0.717, 1.165) is 24.3 Å². The first-order valence-corrected chi connectivity index (χ1v) is 18.3. The Morgan fingerprint density at radius 1 is 0.319 bits per heavy atom. The van der Waals surface area contributed by atoms with Crippen LogP contribution in [0.15, 0.2) is 30.3 Å². The van der Waals surface area contributed by atoms with Gasteiger partial charge in [-0.25, -0.2) is 97.8 Å². The van der Waals surface area contributed by atoms with Crippen LogP contribution in [0.25, 0.3) is 85.4 Å². The maximum atomic E-state index is 16.5. The Hall–Kier alpha value is -7.40. The van der Waals surface area contributed by atoms with Crippen molar-refractivity contribution in [3.63, 3.8) is 0 Å². The Bertz CT molecular complexity index is 3590. The molecule has 8 bridgehead atoms. The normalized spacial score (nSPS) is 12.1. The fourth-order valence-corrected chi connectivity index (χ4v) is 7.53. The summed E-state index contributed by atoms with van der Waals surface area (Å²) in [7, 11) is 0. The Morgan fingerprint density at radius 2 is 0.638 bits per heavy atom. The van der Waals surface area contributed by atoms with Gasteiger partial charge in [-0.1, -0.05) is 0 Å². The van der Waals surface area contributed by atoms with Gasteiger partial charge in [-0.3, -0.25) is 0 Å². The molecule has 25 heteroatoms. The number of H-pyrrole nitrogens is 1. The van der Waals surface area contributed by atoms with Crippen LogP contribution in [-0.4, -0.2) is 19.5 Å². The molecule has 354 valence electrons. The minimum absolute atomic E-state index is 0. The number of nitrogens with one attached hydrogen (secondary N) is 1. The Labute approximate surface area is 378 Å². The number of aromatic nitrogens is 4. The second kappa shape index (κ2) is 17.0. The van der Waals surface area contributed by atoms with Gasteiger partial charge in [0.25, 0.3) is 0 Å². The molecule has 5 heterocycles. The number of aromatic amines is 1. The van der Waals surface area contributed by atoms with E-state index < -0.39 is 188 Å². The van der Waals surface area contributed by atoms with E-state index in [1.54, 1.807) is 0 Å². The molecule has 4 aromatic carbocycles. The molecule has 0 atom stereocenters. The molecule has 1 N–H and O–H groups in total. The minimum Gasteiger partial charge on any atom is -0.355 e. The summed E-state index contributed by atoms with van der Waals surface area (Å²) in [5, 5.41) is 0. The van der Waals surface area contributed by atoms with Gasteiger partial charge in [0.05, 0.1) is 50.5 Å². The van der Waals surface area contributed by atoms with Gasteiger partial charge in [0.1, 0.15) is 5.69 Å². The van der Waals surface area contributed by atoms with Crippen molar-refractivity contribution in [2.24, 2.45) is 0 Å². The predicted molar refractivity (Wildman–Crippen MR) is 199 cm³/mol. The quantitative estimate of drug-likeness (QED) is 0.0826. The number of hydrogen-bond donors (Lipinski definition) is 1. The summed E-state index contributed by atoms with van der Waals surface area (Å²) in [6, 6.07) is 5.15. The topological polar surface area (TPSA) is 46.5 Å². The fourth-order valence-electron chi connectivity index (χ4n) is 7.53. The number of halogens is 20. The summed E-state index contributed by atoms with van der Waals surface area (Å²) in [5.74, 6) is -61.3. The average molecular weight is 1030 g/mol. The summed E-state index contributed by atoms with van der Waals surface area (Å²) in [6.07, 6.45) is 3.17. The molecular formula is C44H10F20FeN4. The van der Waals surface area contributed by atoms with E-state index in [4.69, 9.17) is 0 Å². The third-order valence-electron chi connectivity index (χ3n) is 10.5. The second-order valence-corrected chi connectivity index (χ2v) is 14.3. The molecule has 0 unspecified atom stereocenters. The van der Waals surface area contributed by atoms with Gasteiger partial charge in [0.15, 0.2) is 93.1 Å². The van der Waals surface area contributed by atoms with Crippen LogP contribution in [0.5, 0.6) is 0 Å². The Kier molecular flexibility index (Phi) is 11.8. The van der Waals surface area contributed by atoms with Gasteiger partial charge < -0.3 is 9.55 Å². The van der Waals surface area contributed by atoms with E-state index in [9.17, 15) is 17.6 Å². The zero-order valence-electron chi connectivity index (χ0n) is 32.5. The van der Waals surface area contributed by atoms with Crippen LogP contribution >= 0.6 is 0 Å². The summed E-state index contributed by atoms with van der Waals surface area (Å²) < 4.78 is 313. The monoisotopic (exact) mass is 1030 g/mol. The third-order valence-corrected chi connectivity index (χ3v) is 10.5. The summed E-state index contributed by atoms with van der Waals surface area (Å²) in [6.45, 7) is 0. The summed E-state index contributed by atoms with van der Waals surface area (Å²) in [4.78, 5) is 10.8. The van der Waals surface area contributed by atoms with Crippen LogP contribution in [0.3, 0.4) is 0 Å². The zero-order chi connectivity index (χ0) is 49.3. The van der Waals surface area contributed by atoms with Crippen molar-refractivity contribution >= 4 is 46.4 Å². The first-order valence-electron chi connectivity index (χ1n) is 18.3. The molecular weight excluding hydrogens is 1020 g/mol.